The molecule has 5 heteroatoms. The number of hydrogen-bond acceptors (Lipinski definition) is 4. The summed E-state index contributed by atoms with van der Waals surface area (Å²) in [5.41, 5.74) is 0. The second-order valence-electron chi connectivity index (χ2n) is 4.98. The first-order chi connectivity index (χ1) is 8.71. The number of amides is 1. The van der Waals surface area contributed by atoms with Crippen molar-refractivity contribution >= 4 is 5.91 Å². The van der Waals surface area contributed by atoms with Gasteiger partial charge in [0.25, 0.3) is 0 Å². The molecule has 106 valence electrons. The monoisotopic (exact) mass is 258 g/mol. The minimum atomic E-state index is -0.101. The lowest BCUT2D eigenvalue weighted by Crippen LogP contribution is -2.52. The molecule has 1 heterocycles. The number of rotatable bonds is 7. The number of hydrogen-bond donors (Lipinski definition) is 3. The molecule has 3 unspecified atom stereocenters. The van der Waals surface area contributed by atoms with Gasteiger partial charge in [-0.1, -0.05) is 13.3 Å². The van der Waals surface area contributed by atoms with Gasteiger partial charge in [-0.25, -0.2) is 0 Å². The van der Waals surface area contributed by atoms with Gasteiger partial charge in [0.1, 0.15) is 0 Å². The van der Waals surface area contributed by atoms with E-state index in [9.17, 15) is 4.79 Å². The predicted molar refractivity (Wildman–Crippen MR) is 70.3 cm³/mol. The molecule has 0 aliphatic carbocycles. The summed E-state index contributed by atoms with van der Waals surface area (Å²) in [6.45, 7) is 3.58. The maximum atomic E-state index is 12.1. The molecule has 3 atom stereocenters. The van der Waals surface area contributed by atoms with Crippen LogP contribution in [0.3, 0.4) is 0 Å². The number of carbonyl (C=O) groups excluding carboxylic acids is 1. The molecule has 0 spiro atoms. The van der Waals surface area contributed by atoms with Crippen LogP contribution in [-0.2, 0) is 9.53 Å². The summed E-state index contributed by atoms with van der Waals surface area (Å²) in [5, 5.41) is 15.1. The molecule has 1 saturated heterocycles. The molecule has 1 rings (SSSR count). The summed E-state index contributed by atoms with van der Waals surface area (Å²) in [6.07, 6.45) is 3.71. The quantitative estimate of drug-likeness (QED) is 0.613. The summed E-state index contributed by atoms with van der Waals surface area (Å²) >= 11 is 0. The Balaban J connectivity index is 2.42. The lowest BCUT2D eigenvalue weighted by molar-refractivity contribution is -0.125. The first kappa shape index (κ1) is 15.4. The van der Waals surface area contributed by atoms with Gasteiger partial charge < -0.3 is 20.5 Å². The van der Waals surface area contributed by atoms with E-state index in [0.717, 1.165) is 25.8 Å². The van der Waals surface area contributed by atoms with Crippen LogP contribution in [0.1, 0.15) is 32.6 Å². The number of aliphatic hydroxyl groups is 1. The highest BCUT2D eigenvalue weighted by Crippen LogP contribution is 2.19. The summed E-state index contributed by atoms with van der Waals surface area (Å²) in [4.78, 5) is 12.1. The van der Waals surface area contributed by atoms with Crippen LogP contribution in [0.15, 0.2) is 0 Å². The van der Waals surface area contributed by atoms with E-state index in [1.807, 2.05) is 0 Å². The fourth-order valence-electron chi connectivity index (χ4n) is 2.42. The Morgan fingerprint density at radius 1 is 1.61 bits per heavy atom. The van der Waals surface area contributed by atoms with Crippen molar-refractivity contribution in [1.29, 1.82) is 0 Å². The second kappa shape index (κ2) is 8.45. The summed E-state index contributed by atoms with van der Waals surface area (Å²) in [6, 6.07) is -0.196. The molecule has 3 N–H and O–H groups in total. The molecule has 0 saturated carbocycles. The predicted octanol–water partition coefficient (Wildman–Crippen LogP) is 0.278. The van der Waals surface area contributed by atoms with Gasteiger partial charge in [-0.2, -0.15) is 0 Å². The van der Waals surface area contributed by atoms with Crippen LogP contribution in [0, 0.1) is 5.92 Å². The maximum absolute atomic E-state index is 12.1. The zero-order chi connectivity index (χ0) is 13.4. The van der Waals surface area contributed by atoms with E-state index in [-0.39, 0.29) is 24.6 Å². The van der Waals surface area contributed by atoms with Crippen molar-refractivity contribution in [3.8, 4) is 0 Å². The number of carbonyl (C=O) groups is 1. The number of nitrogens with one attached hydrogen (secondary N) is 2. The van der Waals surface area contributed by atoms with Crippen molar-refractivity contribution in [3.63, 3.8) is 0 Å². The highest BCUT2D eigenvalue weighted by atomic mass is 16.5. The number of aliphatic hydroxyl groups excluding tert-OH is 1. The van der Waals surface area contributed by atoms with E-state index >= 15 is 0 Å². The normalized spacial score (nSPS) is 25.7. The zero-order valence-electron chi connectivity index (χ0n) is 11.4. The lowest BCUT2D eigenvalue weighted by atomic mass is 9.90. The van der Waals surface area contributed by atoms with Gasteiger partial charge in [0.15, 0.2) is 0 Å². The Morgan fingerprint density at radius 2 is 2.39 bits per heavy atom. The van der Waals surface area contributed by atoms with Crippen molar-refractivity contribution in [2.45, 2.75) is 44.7 Å². The topological polar surface area (TPSA) is 70.6 Å². The summed E-state index contributed by atoms with van der Waals surface area (Å²) in [7, 11) is 1.60. The van der Waals surface area contributed by atoms with Crippen LogP contribution < -0.4 is 10.6 Å². The number of methoxy groups -OCH3 is 1. The standard InChI is InChI=1S/C13H26N2O3/c1-3-10-4-6-14-12(8-10)13(17)15-11(5-7-16)9-18-2/h10-12,14,16H,3-9H2,1-2H3,(H,15,17). The van der Waals surface area contributed by atoms with E-state index in [0.29, 0.717) is 18.9 Å². The van der Waals surface area contributed by atoms with Gasteiger partial charge in [0, 0.05) is 13.7 Å². The first-order valence-corrected chi connectivity index (χ1v) is 6.84. The SMILES string of the molecule is CCC1CCNC(C(=O)NC(CCO)COC)C1. The van der Waals surface area contributed by atoms with Gasteiger partial charge in [-0.15, -0.1) is 0 Å². The molecule has 18 heavy (non-hydrogen) atoms. The number of piperidine rings is 1. The molecule has 0 radical (unpaired) electrons. The second-order valence-corrected chi connectivity index (χ2v) is 4.98. The summed E-state index contributed by atoms with van der Waals surface area (Å²) in [5.74, 6) is 0.671. The molecule has 5 nitrogen and oxygen atoms in total. The van der Waals surface area contributed by atoms with Crippen molar-refractivity contribution in [2.24, 2.45) is 5.92 Å². The van der Waals surface area contributed by atoms with E-state index in [2.05, 4.69) is 17.6 Å². The molecule has 1 aliphatic rings. The molecule has 0 aromatic rings. The Bertz CT molecular complexity index is 242. The average Bonchev–Trinajstić information content (AvgIpc) is 2.39. The molecular weight excluding hydrogens is 232 g/mol. The highest BCUT2D eigenvalue weighted by Gasteiger charge is 2.27. The van der Waals surface area contributed by atoms with Crippen LogP contribution in [0.2, 0.25) is 0 Å². The van der Waals surface area contributed by atoms with Crippen LogP contribution in [0.25, 0.3) is 0 Å². The molecular formula is C13H26N2O3. The average molecular weight is 258 g/mol. The number of ether oxygens (including phenoxy) is 1. The van der Waals surface area contributed by atoms with Crippen molar-refractivity contribution in [1.82, 2.24) is 10.6 Å². The smallest absolute Gasteiger partial charge is 0.237 e. The largest absolute Gasteiger partial charge is 0.396 e. The Hall–Kier alpha value is -0.650. The van der Waals surface area contributed by atoms with Gasteiger partial charge >= 0.3 is 0 Å². The third kappa shape index (κ3) is 4.92. The minimum absolute atomic E-state index is 0.0312. The van der Waals surface area contributed by atoms with Crippen molar-refractivity contribution in [2.75, 3.05) is 26.9 Å². The Morgan fingerprint density at radius 3 is 3.00 bits per heavy atom. The van der Waals surface area contributed by atoms with Crippen LogP contribution >= 0.6 is 0 Å². The van der Waals surface area contributed by atoms with Crippen molar-refractivity contribution in [3.05, 3.63) is 0 Å². The Labute approximate surface area is 109 Å². The molecule has 1 fully saturated rings. The van der Waals surface area contributed by atoms with Gasteiger partial charge in [-0.3, -0.25) is 4.79 Å². The third-order valence-corrected chi connectivity index (χ3v) is 3.60. The Kier molecular flexibility index (Phi) is 7.23. The van der Waals surface area contributed by atoms with Gasteiger partial charge in [0.05, 0.1) is 18.7 Å². The van der Waals surface area contributed by atoms with Gasteiger partial charge in [-0.05, 0) is 31.7 Å². The van der Waals surface area contributed by atoms with E-state index in [4.69, 9.17) is 9.84 Å². The van der Waals surface area contributed by atoms with Crippen LogP contribution in [0.4, 0.5) is 0 Å². The summed E-state index contributed by atoms with van der Waals surface area (Å²) < 4.78 is 5.04. The molecule has 0 aromatic carbocycles. The fourth-order valence-corrected chi connectivity index (χ4v) is 2.42. The van der Waals surface area contributed by atoms with Crippen molar-refractivity contribution < 1.29 is 14.6 Å². The van der Waals surface area contributed by atoms with Gasteiger partial charge in [0.2, 0.25) is 5.91 Å². The van der Waals surface area contributed by atoms with Crippen LogP contribution in [-0.4, -0.2) is 50.0 Å². The zero-order valence-corrected chi connectivity index (χ0v) is 11.4. The first-order valence-electron chi connectivity index (χ1n) is 6.84. The molecule has 0 aromatic heterocycles. The minimum Gasteiger partial charge on any atom is -0.396 e. The molecule has 0 bridgehead atoms. The fraction of sp³-hybridized carbons (Fsp3) is 0.923. The third-order valence-electron chi connectivity index (χ3n) is 3.60. The van der Waals surface area contributed by atoms with E-state index in [1.165, 1.54) is 0 Å². The lowest BCUT2D eigenvalue weighted by Gasteiger charge is -2.30. The van der Waals surface area contributed by atoms with E-state index in [1.54, 1.807) is 7.11 Å². The molecule has 1 aliphatic heterocycles. The van der Waals surface area contributed by atoms with E-state index < -0.39 is 0 Å². The van der Waals surface area contributed by atoms with Crippen LogP contribution in [0.5, 0.6) is 0 Å². The maximum Gasteiger partial charge on any atom is 0.237 e. The molecule has 1 amide bonds. The highest BCUT2D eigenvalue weighted by molar-refractivity contribution is 5.82.